The van der Waals surface area contributed by atoms with Gasteiger partial charge in [-0.3, -0.25) is 10.1 Å². The molecule has 1 atom stereocenters. The van der Waals surface area contributed by atoms with Crippen LogP contribution in [0.1, 0.15) is 32.3 Å². The summed E-state index contributed by atoms with van der Waals surface area (Å²) >= 11 is 0. The molecule has 1 rings (SSSR count). The average Bonchev–Trinajstić information content (AvgIpc) is 2.28. The Bertz CT molecular complexity index is 370. The molecule has 0 fully saturated rings. The maximum atomic E-state index is 10.9. The zero-order valence-corrected chi connectivity index (χ0v) is 10.1. The van der Waals surface area contributed by atoms with E-state index in [4.69, 9.17) is 4.74 Å². The van der Waals surface area contributed by atoms with E-state index in [0.29, 0.717) is 0 Å². The van der Waals surface area contributed by atoms with Crippen molar-refractivity contribution in [2.45, 2.75) is 32.2 Å². The van der Waals surface area contributed by atoms with Gasteiger partial charge in [0.05, 0.1) is 13.0 Å². The molecule has 0 aliphatic carbocycles. The van der Waals surface area contributed by atoms with Crippen molar-refractivity contribution in [2.24, 2.45) is 0 Å². The van der Waals surface area contributed by atoms with Crippen molar-refractivity contribution in [1.29, 1.82) is 0 Å². The molecule has 0 saturated carbocycles. The molecule has 16 heavy (non-hydrogen) atoms. The molecule has 0 radical (unpaired) electrons. The molecule has 0 N–H and O–H groups in total. The van der Waals surface area contributed by atoms with Crippen LogP contribution < -0.4 is 4.74 Å². The standard InChI is InChI=1S/C12H17NO3/c1-9(12(2,3)13(14)15)10-5-7-11(16-4)8-6-10/h5-9H,1-4H3. The van der Waals surface area contributed by atoms with Gasteiger partial charge in [0.1, 0.15) is 5.75 Å². The van der Waals surface area contributed by atoms with Crippen LogP contribution in [0, 0.1) is 10.1 Å². The molecule has 88 valence electrons. The number of nitro groups is 1. The molecular formula is C12H17NO3. The second-order valence-corrected chi connectivity index (χ2v) is 4.41. The number of hydrogen-bond acceptors (Lipinski definition) is 3. The van der Waals surface area contributed by atoms with Crippen LogP contribution in [-0.4, -0.2) is 17.6 Å². The topological polar surface area (TPSA) is 52.4 Å². The number of ether oxygens (including phenoxy) is 1. The highest BCUT2D eigenvalue weighted by molar-refractivity contribution is 5.30. The summed E-state index contributed by atoms with van der Waals surface area (Å²) in [6.45, 7) is 5.15. The first-order valence-corrected chi connectivity index (χ1v) is 5.18. The molecule has 1 unspecified atom stereocenters. The van der Waals surface area contributed by atoms with E-state index in [9.17, 15) is 10.1 Å². The van der Waals surface area contributed by atoms with Crippen LogP contribution in [0.2, 0.25) is 0 Å². The lowest BCUT2D eigenvalue weighted by atomic mass is 9.84. The van der Waals surface area contributed by atoms with Gasteiger partial charge in [0.25, 0.3) is 0 Å². The molecule has 0 bridgehead atoms. The van der Waals surface area contributed by atoms with Crippen molar-refractivity contribution in [2.75, 3.05) is 7.11 Å². The summed E-state index contributed by atoms with van der Waals surface area (Å²) in [5.74, 6) is 0.614. The summed E-state index contributed by atoms with van der Waals surface area (Å²) in [5.41, 5.74) is -0.0169. The number of rotatable bonds is 4. The summed E-state index contributed by atoms with van der Waals surface area (Å²) in [6, 6.07) is 7.38. The average molecular weight is 223 g/mol. The largest absolute Gasteiger partial charge is 0.497 e. The molecule has 0 aromatic heterocycles. The molecule has 4 nitrogen and oxygen atoms in total. The van der Waals surface area contributed by atoms with Crippen LogP contribution in [-0.2, 0) is 0 Å². The minimum Gasteiger partial charge on any atom is -0.497 e. The highest BCUT2D eigenvalue weighted by atomic mass is 16.6. The van der Waals surface area contributed by atoms with Crippen molar-refractivity contribution in [3.8, 4) is 5.75 Å². The molecule has 0 heterocycles. The van der Waals surface area contributed by atoms with E-state index < -0.39 is 5.54 Å². The summed E-state index contributed by atoms with van der Waals surface area (Å²) in [5, 5.41) is 10.9. The first-order chi connectivity index (χ1) is 7.39. The van der Waals surface area contributed by atoms with Gasteiger partial charge in [-0.05, 0) is 17.7 Å². The summed E-state index contributed by atoms with van der Waals surface area (Å²) < 4.78 is 5.05. The van der Waals surface area contributed by atoms with Gasteiger partial charge in [-0.2, -0.15) is 0 Å². The van der Waals surface area contributed by atoms with Gasteiger partial charge in [0.15, 0.2) is 0 Å². The maximum Gasteiger partial charge on any atom is 0.223 e. The summed E-state index contributed by atoms with van der Waals surface area (Å²) in [4.78, 5) is 10.7. The molecule has 1 aromatic carbocycles. The lowest BCUT2D eigenvalue weighted by Crippen LogP contribution is -2.36. The Balaban J connectivity index is 2.96. The second kappa shape index (κ2) is 4.51. The van der Waals surface area contributed by atoms with E-state index in [1.54, 1.807) is 21.0 Å². The summed E-state index contributed by atoms with van der Waals surface area (Å²) in [6.07, 6.45) is 0. The van der Waals surface area contributed by atoms with Crippen molar-refractivity contribution in [1.82, 2.24) is 0 Å². The molecule has 0 amide bonds. The smallest absolute Gasteiger partial charge is 0.223 e. The van der Waals surface area contributed by atoms with Crippen LogP contribution >= 0.6 is 0 Å². The fraction of sp³-hybridized carbons (Fsp3) is 0.500. The van der Waals surface area contributed by atoms with Gasteiger partial charge in [0, 0.05) is 18.8 Å². The van der Waals surface area contributed by atoms with Gasteiger partial charge in [0.2, 0.25) is 5.54 Å². The first-order valence-electron chi connectivity index (χ1n) is 5.18. The van der Waals surface area contributed by atoms with Crippen LogP contribution in [0.4, 0.5) is 0 Å². The Morgan fingerprint density at radius 1 is 1.31 bits per heavy atom. The zero-order valence-electron chi connectivity index (χ0n) is 10.1. The quantitative estimate of drug-likeness (QED) is 0.582. The molecule has 0 spiro atoms. The predicted octanol–water partition coefficient (Wildman–Crippen LogP) is 2.85. The Kier molecular flexibility index (Phi) is 3.52. The van der Waals surface area contributed by atoms with Gasteiger partial charge in [-0.25, -0.2) is 0 Å². The molecule has 4 heteroatoms. The third-order valence-electron chi connectivity index (χ3n) is 3.15. The molecule has 0 aliphatic heterocycles. The Hall–Kier alpha value is -1.58. The minimum absolute atomic E-state index is 0.145. The lowest BCUT2D eigenvalue weighted by Gasteiger charge is -2.23. The molecule has 0 aliphatic rings. The normalized spacial score (nSPS) is 13.2. The van der Waals surface area contributed by atoms with Crippen molar-refractivity contribution >= 4 is 0 Å². The molecule has 1 aromatic rings. The summed E-state index contributed by atoms with van der Waals surface area (Å²) in [7, 11) is 1.60. The van der Waals surface area contributed by atoms with Crippen LogP contribution in [0.15, 0.2) is 24.3 Å². The van der Waals surface area contributed by atoms with E-state index in [2.05, 4.69) is 0 Å². The maximum absolute atomic E-state index is 10.9. The lowest BCUT2D eigenvalue weighted by molar-refractivity contribution is -0.564. The van der Waals surface area contributed by atoms with E-state index >= 15 is 0 Å². The monoisotopic (exact) mass is 223 g/mol. The molecular weight excluding hydrogens is 206 g/mol. The minimum atomic E-state index is -0.964. The van der Waals surface area contributed by atoms with Crippen molar-refractivity contribution in [3.05, 3.63) is 39.9 Å². The van der Waals surface area contributed by atoms with Crippen LogP contribution in [0.3, 0.4) is 0 Å². The van der Waals surface area contributed by atoms with Crippen LogP contribution in [0.25, 0.3) is 0 Å². The number of methoxy groups -OCH3 is 1. The van der Waals surface area contributed by atoms with Gasteiger partial charge >= 0.3 is 0 Å². The van der Waals surface area contributed by atoms with E-state index in [-0.39, 0.29) is 10.8 Å². The zero-order chi connectivity index (χ0) is 12.3. The fourth-order valence-corrected chi connectivity index (χ4v) is 1.46. The van der Waals surface area contributed by atoms with Crippen LogP contribution in [0.5, 0.6) is 5.75 Å². The van der Waals surface area contributed by atoms with Gasteiger partial charge < -0.3 is 4.74 Å². The SMILES string of the molecule is COc1ccc(C(C)C(C)(C)[N+](=O)[O-])cc1. The number of nitrogens with zero attached hydrogens (tertiary/aromatic N) is 1. The second-order valence-electron chi connectivity index (χ2n) is 4.41. The predicted molar refractivity (Wildman–Crippen MR) is 62.5 cm³/mol. The third-order valence-corrected chi connectivity index (χ3v) is 3.15. The highest BCUT2D eigenvalue weighted by Crippen LogP contribution is 2.30. The van der Waals surface area contributed by atoms with Gasteiger partial charge in [-0.1, -0.05) is 19.1 Å². The van der Waals surface area contributed by atoms with E-state index in [1.807, 2.05) is 31.2 Å². The first kappa shape index (κ1) is 12.5. The third kappa shape index (κ3) is 2.32. The Morgan fingerprint density at radius 2 is 1.81 bits per heavy atom. The van der Waals surface area contributed by atoms with Crippen molar-refractivity contribution < 1.29 is 9.66 Å². The fourth-order valence-electron chi connectivity index (χ4n) is 1.46. The number of benzene rings is 1. The van der Waals surface area contributed by atoms with E-state index in [0.717, 1.165) is 11.3 Å². The Morgan fingerprint density at radius 3 is 2.19 bits per heavy atom. The number of hydrogen-bond donors (Lipinski definition) is 0. The molecule has 0 saturated heterocycles. The van der Waals surface area contributed by atoms with E-state index in [1.165, 1.54) is 0 Å². The van der Waals surface area contributed by atoms with Crippen molar-refractivity contribution in [3.63, 3.8) is 0 Å². The van der Waals surface area contributed by atoms with Gasteiger partial charge in [-0.15, -0.1) is 0 Å². The highest BCUT2D eigenvalue weighted by Gasteiger charge is 2.38. The Labute approximate surface area is 95.4 Å².